The van der Waals surface area contributed by atoms with Crippen LogP contribution in [0.25, 0.3) is 0 Å². The predicted molar refractivity (Wildman–Crippen MR) is 81.1 cm³/mol. The molecule has 2 atom stereocenters. The third-order valence-electron chi connectivity index (χ3n) is 3.19. The van der Waals surface area contributed by atoms with E-state index >= 15 is 0 Å². The minimum absolute atomic E-state index is 0.425. The van der Waals surface area contributed by atoms with Crippen LogP contribution in [-0.2, 0) is 4.74 Å². The lowest BCUT2D eigenvalue weighted by molar-refractivity contribution is 0.294. The minimum Gasteiger partial charge on any atom is -0.464 e. The van der Waals surface area contributed by atoms with Crippen LogP contribution in [0.15, 0.2) is 27.3 Å². The fourth-order valence-corrected chi connectivity index (χ4v) is 2.06. The topological polar surface area (TPSA) is 49.5 Å². The summed E-state index contributed by atoms with van der Waals surface area (Å²) >= 11 is 0. The Morgan fingerprint density at radius 1 is 1.47 bits per heavy atom. The summed E-state index contributed by atoms with van der Waals surface area (Å²) in [4.78, 5) is 14.4. The number of nitrogens with zero attached hydrogens (tertiary/aromatic N) is 4. The molecule has 0 aromatic rings. The number of amidine groups is 1. The Bertz CT molecular complexity index is 374. The van der Waals surface area contributed by atoms with E-state index in [2.05, 4.69) is 39.1 Å². The lowest BCUT2D eigenvalue weighted by Crippen LogP contribution is -2.36. The lowest BCUT2D eigenvalue weighted by Gasteiger charge is -2.33. The first-order chi connectivity index (χ1) is 9.22. The van der Waals surface area contributed by atoms with Crippen molar-refractivity contribution in [3.05, 3.63) is 12.3 Å². The van der Waals surface area contributed by atoms with Crippen molar-refractivity contribution in [2.45, 2.75) is 32.7 Å². The fourth-order valence-electron chi connectivity index (χ4n) is 2.06. The molecule has 0 saturated heterocycles. The standard InChI is InChI=1S/C14H24N4O/c1-5-19-14(16-4)17-9-8-13-7-6-10-18(11-15-3)12(13)2/h6,9-13H,5,7-8H2,1-4H3. The van der Waals surface area contributed by atoms with Gasteiger partial charge in [-0.25, -0.2) is 9.98 Å². The first-order valence-corrected chi connectivity index (χ1v) is 6.71. The zero-order chi connectivity index (χ0) is 14.1. The molecule has 0 aliphatic carbocycles. The van der Waals surface area contributed by atoms with Crippen LogP contribution in [0, 0.1) is 5.92 Å². The van der Waals surface area contributed by atoms with Crippen molar-refractivity contribution >= 4 is 18.6 Å². The summed E-state index contributed by atoms with van der Waals surface area (Å²) < 4.78 is 5.27. The highest BCUT2D eigenvalue weighted by Gasteiger charge is 2.22. The SMILES string of the molecule is CCOC(N=CCC1CC=CN(C=NC)C1C)=NC. The molecule has 0 aromatic carbocycles. The summed E-state index contributed by atoms with van der Waals surface area (Å²) in [7, 11) is 3.48. The van der Waals surface area contributed by atoms with Gasteiger partial charge in [0.15, 0.2) is 0 Å². The smallest absolute Gasteiger partial charge is 0.310 e. The Balaban J connectivity index is 2.53. The third kappa shape index (κ3) is 4.85. The lowest BCUT2D eigenvalue weighted by atomic mass is 9.91. The molecule has 2 unspecified atom stereocenters. The summed E-state index contributed by atoms with van der Waals surface area (Å²) in [6.45, 7) is 4.73. The highest BCUT2D eigenvalue weighted by molar-refractivity contribution is 5.83. The van der Waals surface area contributed by atoms with Gasteiger partial charge in [-0.2, -0.15) is 0 Å². The number of hydrogen-bond donors (Lipinski definition) is 0. The molecule has 5 heteroatoms. The van der Waals surface area contributed by atoms with Crippen LogP contribution in [0.2, 0.25) is 0 Å². The fraction of sp³-hybridized carbons (Fsp3) is 0.643. The van der Waals surface area contributed by atoms with Gasteiger partial charge >= 0.3 is 6.02 Å². The van der Waals surface area contributed by atoms with Crippen molar-refractivity contribution in [3.63, 3.8) is 0 Å². The third-order valence-corrected chi connectivity index (χ3v) is 3.19. The van der Waals surface area contributed by atoms with Gasteiger partial charge in [0.2, 0.25) is 0 Å². The van der Waals surface area contributed by atoms with Crippen LogP contribution in [0.3, 0.4) is 0 Å². The van der Waals surface area contributed by atoms with Crippen LogP contribution < -0.4 is 0 Å². The number of ether oxygens (including phenoxy) is 1. The van der Waals surface area contributed by atoms with Crippen LogP contribution in [0.5, 0.6) is 0 Å². The van der Waals surface area contributed by atoms with E-state index in [-0.39, 0.29) is 0 Å². The molecule has 19 heavy (non-hydrogen) atoms. The molecule has 106 valence electrons. The van der Waals surface area contributed by atoms with Crippen molar-refractivity contribution in [2.24, 2.45) is 20.9 Å². The van der Waals surface area contributed by atoms with Crippen molar-refractivity contribution in [1.29, 1.82) is 0 Å². The van der Waals surface area contributed by atoms with Gasteiger partial charge in [0.25, 0.3) is 0 Å². The Morgan fingerprint density at radius 2 is 2.26 bits per heavy atom. The summed E-state index contributed by atoms with van der Waals surface area (Å²) in [5, 5.41) is 0. The number of aliphatic imine (C=N–C) groups is 3. The van der Waals surface area contributed by atoms with Crippen LogP contribution >= 0.6 is 0 Å². The largest absolute Gasteiger partial charge is 0.464 e. The van der Waals surface area contributed by atoms with Gasteiger partial charge < -0.3 is 9.64 Å². The highest BCUT2D eigenvalue weighted by Crippen LogP contribution is 2.22. The van der Waals surface area contributed by atoms with Gasteiger partial charge in [-0.1, -0.05) is 6.08 Å². The van der Waals surface area contributed by atoms with Gasteiger partial charge in [-0.3, -0.25) is 4.99 Å². The minimum atomic E-state index is 0.425. The maximum Gasteiger partial charge on any atom is 0.310 e. The summed E-state index contributed by atoms with van der Waals surface area (Å²) in [6.07, 6.45) is 10.0. The normalized spacial score (nSPS) is 24.6. The Kier molecular flexibility index (Phi) is 6.85. The molecule has 0 aromatic heterocycles. The number of hydrogen-bond acceptors (Lipinski definition) is 3. The average Bonchev–Trinajstić information content (AvgIpc) is 2.42. The van der Waals surface area contributed by atoms with Crippen molar-refractivity contribution in [2.75, 3.05) is 20.7 Å². The van der Waals surface area contributed by atoms with E-state index < -0.39 is 0 Å². The van der Waals surface area contributed by atoms with E-state index in [1.165, 1.54) is 0 Å². The quantitative estimate of drug-likeness (QED) is 0.578. The molecule has 0 bridgehead atoms. The number of rotatable bonds is 4. The van der Waals surface area contributed by atoms with Gasteiger partial charge in [-0.15, -0.1) is 0 Å². The molecule has 0 radical (unpaired) electrons. The van der Waals surface area contributed by atoms with Crippen LogP contribution in [-0.4, -0.2) is 50.2 Å². The maximum atomic E-state index is 5.27. The molecule has 1 rings (SSSR count). The first kappa shape index (κ1) is 15.4. The molecule has 1 aliphatic rings. The second-order valence-electron chi connectivity index (χ2n) is 4.43. The van der Waals surface area contributed by atoms with Gasteiger partial charge in [0.1, 0.15) is 0 Å². The monoisotopic (exact) mass is 264 g/mol. The van der Waals surface area contributed by atoms with Crippen molar-refractivity contribution in [3.8, 4) is 0 Å². The van der Waals surface area contributed by atoms with Gasteiger partial charge in [-0.05, 0) is 32.6 Å². The zero-order valence-corrected chi connectivity index (χ0v) is 12.3. The van der Waals surface area contributed by atoms with Crippen LogP contribution in [0.4, 0.5) is 0 Å². The molecule has 0 saturated carbocycles. The van der Waals surface area contributed by atoms with E-state index in [1.807, 2.05) is 19.5 Å². The molecule has 0 N–H and O–H groups in total. The Labute approximate surface area is 115 Å². The Hall–Kier alpha value is -1.65. The molecule has 1 aliphatic heterocycles. The van der Waals surface area contributed by atoms with Gasteiger partial charge in [0, 0.05) is 32.6 Å². The summed E-state index contributed by atoms with van der Waals surface area (Å²) in [5.41, 5.74) is 0. The summed E-state index contributed by atoms with van der Waals surface area (Å²) in [6, 6.07) is 0.878. The van der Waals surface area contributed by atoms with Gasteiger partial charge in [0.05, 0.1) is 12.9 Å². The maximum absolute atomic E-state index is 5.27. The van der Waals surface area contributed by atoms with Crippen LogP contribution in [0.1, 0.15) is 26.7 Å². The number of allylic oxidation sites excluding steroid dienone is 1. The molecular formula is C14H24N4O. The van der Waals surface area contributed by atoms with Crippen molar-refractivity contribution in [1.82, 2.24) is 4.90 Å². The van der Waals surface area contributed by atoms with E-state index in [4.69, 9.17) is 4.74 Å². The second kappa shape index (κ2) is 8.45. The molecule has 1 heterocycles. The molecule has 0 fully saturated rings. The highest BCUT2D eigenvalue weighted by atomic mass is 16.5. The van der Waals surface area contributed by atoms with E-state index in [9.17, 15) is 0 Å². The molecular weight excluding hydrogens is 240 g/mol. The predicted octanol–water partition coefficient (Wildman–Crippen LogP) is 2.35. The average molecular weight is 264 g/mol. The zero-order valence-electron chi connectivity index (χ0n) is 12.3. The van der Waals surface area contributed by atoms with E-state index in [1.54, 1.807) is 14.1 Å². The Morgan fingerprint density at radius 3 is 2.89 bits per heavy atom. The second-order valence-corrected chi connectivity index (χ2v) is 4.43. The van der Waals surface area contributed by atoms with Crippen molar-refractivity contribution < 1.29 is 4.74 Å². The first-order valence-electron chi connectivity index (χ1n) is 6.71. The van der Waals surface area contributed by atoms with E-state index in [0.717, 1.165) is 12.8 Å². The molecule has 5 nitrogen and oxygen atoms in total. The molecule has 0 spiro atoms. The summed E-state index contributed by atoms with van der Waals surface area (Å²) in [5.74, 6) is 0.534. The molecule has 0 amide bonds. The van der Waals surface area contributed by atoms with E-state index in [0.29, 0.717) is 24.6 Å².